The van der Waals surface area contributed by atoms with Gasteiger partial charge in [-0.05, 0) is 31.6 Å². The van der Waals surface area contributed by atoms with Crippen molar-refractivity contribution in [1.82, 2.24) is 5.32 Å². The summed E-state index contributed by atoms with van der Waals surface area (Å²) < 4.78 is 41.3. The summed E-state index contributed by atoms with van der Waals surface area (Å²) in [6.07, 6.45) is -1.46. The first-order chi connectivity index (χ1) is 9.73. The number of carbonyl (C=O) groups is 1. The maximum Gasteiger partial charge on any atom is 0.411 e. The highest BCUT2D eigenvalue weighted by atomic mass is 19.4. The first kappa shape index (κ1) is 18.2. The molecule has 0 heterocycles. The lowest BCUT2D eigenvalue weighted by Crippen LogP contribution is -2.50. The van der Waals surface area contributed by atoms with Gasteiger partial charge in [-0.1, -0.05) is 20.3 Å². The Labute approximate surface area is 123 Å². The van der Waals surface area contributed by atoms with Crippen LogP contribution >= 0.6 is 0 Å². The Morgan fingerprint density at radius 3 is 2.67 bits per heavy atom. The number of amides is 1. The molecule has 124 valence electrons. The van der Waals surface area contributed by atoms with Crippen molar-refractivity contribution in [2.24, 2.45) is 11.7 Å². The SMILES string of the molecule is CCC(C)[C@H](N)C(=O)NC1CCCC(OCC(F)(F)F)C1. The molecule has 0 bridgehead atoms. The molecular weight excluding hydrogens is 285 g/mol. The van der Waals surface area contributed by atoms with Gasteiger partial charge in [-0.3, -0.25) is 4.79 Å². The third-order valence-corrected chi connectivity index (χ3v) is 4.01. The molecule has 4 atom stereocenters. The van der Waals surface area contributed by atoms with Gasteiger partial charge >= 0.3 is 6.18 Å². The number of ether oxygens (including phenoxy) is 1. The zero-order valence-electron chi connectivity index (χ0n) is 12.6. The highest BCUT2D eigenvalue weighted by Crippen LogP contribution is 2.24. The van der Waals surface area contributed by atoms with Gasteiger partial charge in [0.25, 0.3) is 0 Å². The van der Waals surface area contributed by atoms with Crippen LogP contribution in [-0.2, 0) is 9.53 Å². The molecule has 0 saturated heterocycles. The molecule has 0 aliphatic heterocycles. The average Bonchev–Trinajstić information content (AvgIpc) is 2.43. The molecule has 1 rings (SSSR count). The Bertz CT molecular complexity index is 337. The first-order valence-electron chi connectivity index (χ1n) is 7.47. The number of carbonyl (C=O) groups excluding carboxylic acids is 1. The first-order valence-corrected chi connectivity index (χ1v) is 7.47. The Morgan fingerprint density at radius 1 is 1.43 bits per heavy atom. The van der Waals surface area contributed by atoms with Crippen molar-refractivity contribution in [2.75, 3.05) is 6.61 Å². The zero-order valence-corrected chi connectivity index (χ0v) is 12.6. The summed E-state index contributed by atoms with van der Waals surface area (Å²) in [5, 5.41) is 2.84. The van der Waals surface area contributed by atoms with Crippen LogP contribution in [0.5, 0.6) is 0 Å². The number of nitrogens with one attached hydrogen (secondary N) is 1. The minimum Gasteiger partial charge on any atom is -0.369 e. The van der Waals surface area contributed by atoms with E-state index in [4.69, 9.17) is 10.5 Å². The second kappa shape index (κ2) is 7.98. The van der Waals surface area contributed by atoms with E-state index in [1.165, 1.54) is 0 Å². The van der Waals surface area contributed by atoms with E-state index in [0.717, 1.165) is 19.3 Å². The van der Waals surface area contributed by atoms with E-state index in [9.17, 15) is 18.0 Å². The van der Waals surface area contributed by atoms with Gasteiger partial charge in [0.2, 0.25) is 5.91 Å². The number of nitrogens with two attached hydrogens (primary N) is 1. The van der Waals surface area contributed by atoms with E-state index in [1.807, 2.05) is 13.8 Å². The van der Waals surface area contributed by atoms with Crippen LogP contribution in [0.1, 0.15) is 46.0 Å². The molecule has 0 spiro atoms. The summed E-state index contributed by atoms with van der Waals surface area (Å²) in [4.78, 5) is 12.0. The second-order valence-corrected chi connectivity index (χ2v) is 5.83. The quantitative estimate of drug-likeness (QED) is 0.791. The third kappa shape index (κ3) is 6.65. The molecule has 7 heteroatoms. The summed E-state index contributed by atoms with van der Waals surface area (Å²) >= 11 is 0. The fraction of sp³-hybridized carbons (Fsp3) is 0.929. The largest absolute Gasteiger partial charge is 0.411 e. The van der Waals surface area contributed by atoms with E-state index in [1.54, 1.807) is 0 Å². The van der Waals surface area contributed by atoms with Crippen LogP contribution < -0.4 is 11.1 Å². The summed E-state index contributed by atoms with van der Waals surface area (Å²) in [5.41, 5.74) is 5.85. The van der Waals surface area contributed by atoms with Crippen LogP contribution in [0.3, 0.4) is 0 Å². The number of alkyl halides is 3. The van der Waals surface area contributed by atoms with E-state index in [2.05, 4.69) is 5.32 Å². The Hall–Kier alpha value is -0.820. The van der Waals surface area contributed by atoms with Crippen molar-refractivity contribution in [3.63, 3.8) is 0 Å². The third-order valence-electron chi connectivity index (χ3n) is 4.01. The van der Waals surface area contributed by atoms with Crippen molar-refractivity contribution in [2.45, 2.75) is 70.3 Å². The van der Waals surface area contributed by atoms with E-state index < -0.39 is 24.9 Å². The molecule has 1 amide bonds. The van der Waals surface area contributed by atoms with Gasteiger partial charge in [0, 0.05) is 6.04 Å². The van der Waals surface area contributed by atoms with Gasteiger partial charge in [0.05, 0.1) is 12.1 Å². The monoisotopic (exact) mass is 310 g/mol. The molecule has 3 unspecified atom stereocenters. The Balaban J connectivity index is 2.40. The number of hydrogen-bond acceptors (Lipinski definition) is 3. The van der Waals surface area contributed by atoms with Gasteiger partial charge in [0.1, 0.15) is 6.61 Å². The molecular formula is C14H25F3N2O2. The number of halogens is 3. The molecule has 0 radical (unpaired) electrons. The second-order valence-electron chi connectivity index (χ2n) is 5.83. The minimum atomic E-state index is -4.31. The zero-order chi connectivity index (χ0) is 16.0. The Morgan fingerprint density at radius 2 is 2.10 bits per heavy atom. The Kier molecular flexibility index (Phi) is 6.93. The lowest BCUT2D eigenvalue weighted by molar-refractivity contribution is -0.188. The van der Waals surface area contributed by atoms with Gasteiger partial charge in [0.15, 0.2) is 0 Å². The van der Waals surface area contributed by atoms with E-state index >= 15 is 0 Å². The van der Waals surface area contributed by atoms with Crippen molar-refractivity contribution < 1.29 is 22.7 Å². The molecule has 3 N–H and O–H groups in total. The van der Waals surface area contributed by atoms with Gasteiger partial charge in [-0.15, -0.1) is 0 Å². The molecule has 0 aromatic rings. The maximum absolute atomic E-state index is 12.1. The minimum absolute atomic E-state index is 0.0749. The molecule has 21 heavy (non-hydrogen) atoms. The van der Waals surface area contributed by atoms with Gasteiger partial charge < -0.3 is 15.8 Å². The molecule has 1 saturated carbocycles. The predicted octanol–water partition coefficient (Wildman–Crippen LogP) is 2.37. The molecule has 4 nitrogen and oxygen atoms in total. The van der Waals surface area contributed by atoms with Crippen LogP contribution in [-0.4, -0.2) is 36.9 Å². The summed E-state index contributed by atoms with van der Waals surface area (Å²) in [6, 6.07) is -0.731. The van der Waals surface area contributed by atoms with E-state index in [-0.39, 0.29) is 17.9 Å². The normalized spacial score (nSPS) is 26.2. The fourth-order valence-electron chi connectivity index (χ4n) is 2.45. The highest BCUT2D eigenvalue weighted by molar-refractivity contribution is 5.82. The summed E-state index contributed by atoms with van der Waals surface area (Å²) in [5.74, 6) is -0.156. The lowest BCUT2D eigenvalue weighted by Gasteiger charge is -2.31. The van der Waals surface area contributed by atoms with Crippen molar-refractivity contribution >= 4 is 5.91 Å². The van der Waals surface area contributed by atoms with E-state index in [0.29, 0.717) is 12.8 Å². The topological polar surface area (TPSA) is 64.4 Å². The van der Waals surface area contributed by atoms with Crippen LogP contribution in [0.15, 0.2) is 0 Å². The molecule has 1 aliphatic carbocycles. The smallest absolute Gasteiger partial charge is 0.369 e. The van der Waals surface area contributed by atoms with Crippen molar-refractivity contribution in [1.29, 1.82) is 0 Å². The highest BCUT2D eigenvalue weighted by Gasteiger charge is 2.32. The van der Waals surface area contributed by atoms with Crippen molar-refractivity contribution in [3.05, 3.63) is 0 Å². The average molecular weight is 310 g/mol. The lowest BCUT2D eigenvalue weighted by atomic mass is 9.92. The standard InChI is InChI=1S/C14H25F3N2O2/c1-3-9(2)12(18)13(20)19-10-5-4-6-11(7-10)21-8-14(15,16)17/h9-12H,3-8,18H2,1-2H3,(H,19,20)/t9?,10?,11?,12-/m0/s1. The van der Waals surface area contributed by atoms with Crippen LogP contribution in [0.4, 0.5) is 13.2 Å². The maximum atomic E-state index is 12.1. The number of rotatable bonds is 6. The van der Waals surface area contributed by atoms with Gasteiger partial charge in [-0.2, -0.15) is 13.2 Å². The van der Waals surface area contributed by atoms with Crippen molar-refractivity contribution in [3.8, 4) is 0 Å². The van der Waals surface area contributed by atoms with Crippen LogP contribution in [0.25, 0.3) is 0 Å². The summed E-state index contributed by atoms with van der Waals surface area (Å²) in [6.45, 7) is 2.63. The summed E-state index contributed by atoms with van der Waals surface area (Å²) in [7, 11) is 0. The molecule has 1 fully saturated rings. The van der Waals surface area contributed by atoms with Crippen LogP contribution in [0.2, 0.25) is 0 Å². The molecule has 1 aliphatic rings. The van der Waals surface area contributed by atoms with Gasteiger partial charge in [-0.25, -0.2) is 0 Å². The fourth-order valence-corrected chi connectivity index (χ4v) is 2.45. The molecule has 0 aromatic carbocycles. The van der Waals surface area contributed by atoms with Crippen LogP contribution in [0, 0.1) is 5.92 Å². The molecule has 0 aromatic heterocycles. The predicted molar refractivity (Wildman–Crippen MR) is 73.6 cm³/mol. The number of hydrogen-bond donors (Lipinski definition) is 2.